The van der Waals surface area contributed by atoms with E-state index in [0.717, 1.165) is 32.1 Å². The van der Waals surface area contributed by atoms with Crippen molar-refractivity contribution in [2.24, 2.45) is 0 Å². The van der Waals surface area contributed by atoms with E-state index >= 15 is 0 Å². The van der Waals surface area contributed by atoms with E-state index in [1.165, 1.54) is 4.57 Å². The largest absolute Gasteiger partial charge is 0.494 e. The lowest BCUT2D eigenvalue weighted by molar-refractivity contribution is 0.0448. The van der Waals surface area contributed by atoms with Gasteiger partial charge in [-0.2, -0.15) is 0 Å². The topological polar surface area (TPSA) is 101 Å². The summed E-state index contributed by atoms with van der Waals surface area (Å²) in [6, 6.07) is 6.56. The first-order valence-corrected chi connectivity index (χ1v) is 8.45. The zero-order chi connectivity index (χ0) is 17.6. The fourth-order valence-corrected chi connectivity index (χ4v) is 3.83. The summed E-state index contributed by atoms with van der Waals surface area (Å²) >= 11 is 0. The Bertz CT molecular complexity index is 953. The number of carbonyl (C=O) groups is 1. The lowest BCUT2D eigenvalue weighted by Gasteiger charge is -2.25. The molecule has 1 aliphatic carbocycles. The lowest BCUT2D eigenvalue weighted by Crippen LogP contribution is -2.36. The second kappa shape index (κ2) is 5.91. The first-order valence-electron chi connectivity index (χ1n) is 8.45. The smallest absolute Gasteiger partial charge is 0.339 e. The van der Waals surface area contributed by atoms with Crippen LogP contribution in [0, 0.1) is 0 Å². The van der Waals surface area contributed by atoms with Crippen LogP contribution in [0.15, 0.2) is 33.9 Å². The Balaban J connectivity index is 1.88. The number of hydrogen-bond donors (Lipinski definition) is 2. The Hall–Kier alpha value is -2.83. The van der Waals surface area contributed by atoms with Gasteiger partial charge in [-0.3, -0.25) is 14.3 Å². The molecule has 2 heterocycles. The normalized spacial score (nSPS) is 20.3. The third kappa shape index (κ3) is 2.47. The van der Waals surface area contributed by atoms with Crippen LogP contribution in [0.4, 0.5) is 0 Å². The molecule has 2 N–H and O–H groups in total. The molecule has 4 rings (SSSR count). The summed E-state index contributed by atoms with van der Waals surface area (Å²) in [7, 11) is 0. The van der Waals surface area contributed by atoms with Gasteiger partial charge in [0.15, 0.2) is 6.10 Å². The predicted molar refractivity (Wildman–Crippen MR) is 88.8 cm³/mol. The molecule has 0 saturated heterocycles. The van der Waals surface area contributed by atoms with E-state index in [4.69, 9.17) is 4.74 Å². The van der Waals surface area contributed by atoms with Crippen LogP contribution in [-0.2, 0) is 4.74 Å². The third-order valence-electron chi connectivity index (χ3n) is 5.04. The Labute approximate surface area is 142 Å². The second-order valence-corrected chi connectivity index (χ2v) is 6.53. The zero-order valence-corrected chi connectivity index (χ0v) is 13.5. The van der Waals surface area contributed by atoms with Gasteiger partial charge >= 0.3 is 11.7 Å². The first kappa shape index (κ1) is 15.7. The summed E-state index contributed by atoms with van der Waals surface area (Å²) in [6.45, 7) is 0. The molecule has 1 aliphatic heterocycles. The van der Waals surface area contributed by atoms with Crippen LogP contribution in [0.1, 0.15) is 65.7 Å². The molecule has 2 aromatic rings. The van der Waals surface area contributed by atoms with Crippen LogP contribution in [0.2, 0.25) is 0 Å². The Kier molecular flexibility index (Phi) is 3.71. The van der Waals surface area contributed by atoms with Crippen LogP contribution in [0.25, 0.3) is 0 Å². The Morgan fingerprint density at radius 3 is 2.56 bits per heavy atom. The summed E-state index contributed by atoms with van der Waals surface area (Å²) < 4.78 is 6.57. The molecular formula is C18H18N2O5. The minimum Gasteiger partial charge on any atom is -0.494 e. The van der Waals surface area contributed by atoms with Crippen LogP contribution >= 0.6 is 0 Å². The summed E-state index contributed by atoms with van der Waals surface area (Å²) in [5.74, 6) is -0.954. The van der Waals surface area contributed by atoms with E-state index in [1.54, 1.807) is 24.3 Å². The van der Waals surface area contributed by atoms with Crippen molar-refractivity contribution in [1.82, 2.24) is 9.55 Å². The maximum Gasteiger partial charge on any atom is 0.339 e. The molecule has 0 spiro atoms. The van der Waals surface area contributed by atoms with Crippen molar-refractivity contribution >= 4 is 5.97 Å². The number of carbonyl (C=O) groups excluding carboxylic acids is 1. The summed E-state index contributed by atoms with van der Waals surface area (Å²) in [6.07, 6.45) is 3.54. The number of cyclic esters (lactones) is 1. The van der Waals surface area contributed by atoms with Gasteiger partial charge in [0.2, 0.25) is 5.88 Å². The van der Waals surface area contributed by atoms with Gasteiger partial charge in [0, 0.05) is 11.6 Å². The van der Waals surface area contributed by atoms with Crippen LogP contribution in [0.5, 0.6) is 5.88 Å². The van der Waals surface area contributed by atoms with E-state index in [0.29, 0.717) is 11.1 Å². The number of rotatable bonds is 2. The Morgan fingerprint density at radius 1 is 1.08 bits per heavy atom. The van der Waals surface area contributed by atoms with Crippen molar-refractivity contribution < 1.29 is 14.6 Å². The number of hydrogen-bond acceptors (Lipinski definition) is 5. The average molecular weight is 342 g/mol. The average Bonchev–Trinajstić information content (AvgIpc) is 2.93. The third-order valence-corrected chi connectivity index (χ3v) is 5.04. The number of aromatic hydroxyl groups is 1. The highest BCUT2D eigenvalue weighted by Crippen LogP contribution is 2.38. The van der Waals surface area contributed by atoms with E-state index in [-0.39, 0.29) is 11.6 Å². The standard InChI is InChI=1S/C18H18N2O5/c21-15-13(14-11-8-4-5-9-12(11)17(23)25-14)16(22)20(18(24)19-15)10-6-2-1-3-7-10/h4-5,8-10,14,22H,1-3,6-7H2,(H,19,21,24)/t14-/m1/s1. The van der Waals surface area contributed by atoms with Gasteiger partial charge in [0.25, 0.3) is 5.56 Å². The minimum atomic E-state index is -1.01. The highest BCUT2D eigenvalue weighted by Gasteiger charge is 2.37. The molecule has 25 heavy (non-hydrogen) atoms. The zero-order valence-electron chi connectivity index (χ0n) is 13.5. The summed E-state index contributed by atoms with van der Waals surface area (Å²) in [4.78, 5) is 39.0. The van der Waals surface area contributed by atoms with E-state index in [2.05, 4.69) is 4.98 Å². The van der Waals surface area contributed by atoms with Gasteiger partial charge in [-0.15, -0.1) is 0 Å². The summed E-state index contributed by atoms with van der Waals surface area (Å²) in [5, 5.41) is 10.7. The monoisotopic (exact) mass is 342 g/mol. The molecular weight excluding hydrogens is 324 g/mol. The number of nitrogens with one attached hydrogen (secondary N) is 1. The van der Waals surface area contributed by atoms with Gasteiger partial charge in [-0.25, -0.2) is 9.59 Å². The van der Waals surface area contributed by atoms with Crippen LogP contribution < -0.4 is 11.2 Å². The fraction of sp³-hybridized carbons (Fsp3) is 0.389. The maximum absolute atomic E-state index is 12.4. The number of nitrogens with zero attached hydrogens (tertiary/aromatic N) is 1. The van der Waals surface area contributed by atoms with E-state index in [9.17, 15) is 19.5 Å². The molecule has 130 valence electrons. The number of benzene rings is 1. The van der Waals surface area contributed by atoms with Gasteiger partial charge < -0.3 is 9.84 Å². The van der Waals surface area contributed by atoms with Crippen LogP contribution in [0.3, 0.4) is 0 Å². The van der Waals surface area contributed by atoms with Crippen molar-refractivity contribution in [3.8, 4) is 5.88 Å². The highest BCUT2D eigenvalue weighted by molar-refractivity contribution is 5.94. The fourth-order valence-electron chi connectivity index (χ4n) is 3.83. The number of ether oxygens (including phenoxy) is 1. The molecule has 1 fully saturated rings. The van der Waals surface area contributed by atoms with E-state index in [1.807, 2.05) is 0 Å². The van der Waals surface area contributed by atoms with Crippen molar-refractivity contribution in [2.45, 2.75) is 44.2 Å². The summed E-state index contributed by atoms with van der Waals surface area (Å²) in [5.41, 5.74) is -0.577. The number of esters is 1. The number of fused-ring (bicyclic) bond motifs is 1. The number of aromatic nitrogens is 2. The second-order valence-electron chi connectivity index (χ2n) is 6.53. The lowest BCUT2D eigenvalue weighted by atomic mass is 9.95. The maximum atomic E-state index is 12.4. The highest BCUT2D eigenvalue weighted by atomic mass is 16.5. The molecule has 1 aromatic carbocycles. The molecule has 0 amide bonds. The van der Waals surface area contributed by atoms with Crippen molar-refractivity contribution in [2.75, 3.05) is 0 Å². The van der Waals surface area contributed by atoms with Gasteiger partial charge in [-0.1, -0.05) is 37.5 Å². The molecule has 1 saturated carbocycles. The Morgan fingerprint density at radius 2 is 1.80 bits per heavy atom. The molecule has 0 bridgehead atoms. The van der Waals surface area contributed by atoms with E-state index < -0.39 is 29.2 Å². The molecule has 1 atom stereocenters. The van der Waals surface area contributed by atoms with Gasteiger partial charge in [0.1, 0.15) is 5.56 Å². The van der Waals surface area contributed by atoms with Gasteiger partial charge in [-0.05, 0) is 18.9 Å². The quantitative estimate of drug-likeness (QED) is 0.813. The van der Waals surface area contributed by atoms with Crippen molar-refractivity contribution in [3.05, 3.63) is 61.8 Å². The molecule has 1 aromatic heterocycles. The first-order chi connectivity index (χ1) is 12.1. The van der Waals surface area contributed by atoms with Crippen LogP contribution in [-0.4, -0.2) is 20.6 Å². The molecule has 7 heteroatoms. The molecule has 7 nitrogen and oxygen atoms in total. The van der Waals surface area contributed by atoms with Crippen molar-refractivity contribution in [3.63, 3.8) is 0 Å². The predicted octanol–water partition coefficient (Wildman–Crippen LogP) is 2.01. The van der Waals surface area contributed by atoms with Gasteiger partial charge in [0.05, 0.1) is 5.56 Å². The minimum absolute atomic E-state index is 0.0940. The SMILES string of the molecule is O=C1O[C@@H](c2c(O)n(C3CCCCC3)c(=O)[nH]c2=O)c2ccccc21. The number of aromatic amines is 1. The molecule has 2 aliphatic rings. The van der Waals surface area contributed by atoms with Crippen molar-refractivity contribution in [1.29, 1.82) is 0 Å². The molecule has 0 unspecified atom stereocenters. The molecule has 0 radical (unpaired) electrons. The number of H-pyrrole nitrogens is 1.